The Bertz CT molecular complexity index is 1950. The number of benzene rings is 1. The van der Waals surface area contributed by atoms with Crippen molar-refractivity contribution in [1.29, 1.82) is 0 Å². The predicted octanol–water partition coefficient (Wildman–Crippen LogP) is 6.85. The summed E-state index contributed by atoms with van der Waals surface area (Å²) in [4.78, 5) is 26.1. The molecule has 11 heteroatoms. The summed E-state index contributed by atoms with van der Waals surface area (Å²) >= 11 is 6.61. The van der Waals surface area contributed by atoms with Crippen LogP contribution in [0.5, 0.6) is 0 Å². The summed E-state index contributed by atoms with van der Waals surface area (Å²) < 4.78 is 48.9. The van der Waals surface area contributed by atoms with Crippen LogP contribution in [0.4, 0.5) is 13.2 Å². The van der Waals surface area contributed by atoms with Crippen LogP contribution in [-0.2, 0) is 0 Å². The van der Waals surface area contributed by atoms with Gasteiger partial charge in [0.15, 0.2) is 11.6 Å². The number of hydrogen-bond donors (Lipinski definition) is 0. The summed E-state index contributed by atoms with van der Waals surface area (Å²) in [6.07, 6.45) is 8.10. The summed E-state index contributed by atoms with van der Waals surface area (Å²) in [5, 5.41) is 4.20. The number of rotatable bonds is 6. The number of hydrogen-bond acceptors (Lipinski definition) is 5. The highest BCUT2D eigenvalue weighted by Gasteiger charge is 2.42. The Morgan fingerprint density at radius 1 is 0.952 bits per heavy atom. The molecular formula is C31H24ClF3N6O. The molecule has 2 aliphatic rings. The van der Waals surface area contributed by atoms with E-state index in [2.05, 4.69) is 20.1 Å². The average molecular weight is 589 g/mol. The zero-order valence-corrected chi connectivity index (χ0v) is 23.4. The largest absolute Gasteiger partial charge is 0.277 e. The van der Waals surface area contributed by atoms with E-state index in [-0.39, 0.29) is 45.4 Å². The van der Waals surface area contributed by atoms with E-state index < -0.39 is 23.0 Å². The van der Waals surface area contributed by atoms with Crippen LogP contribution in [0, 0.1) is 31.3 Å². The molecule has 1 aromatic carbocycles. The van der Waals surface area contributed by atoms with Crippen molar-refractivity contribution < 1.29 is 13.2 Å². The Kier molecular flexibility index (Phi) is 6.27. The highest BCUT2D eigenvalue weighted by molar-refractivity contribution is 6.31. The molecule has 5 aromatic rings. The van der Waals surface area contributed by atoms with Gasteiger partial charge in [0.25, 0.3) is 5.56 Å². The van der Waals surface area contributed by atoms with Gasteiger partial charge in [-0.2, -0.15) is 5.10 Å². The van der Waals surface area contributed by atoms with Gasteiger partial charge in [-0.05, 0) is 85.9 Å². The molecule has 42 heavy (non-hydrogen) atoms. The van der Waals surface area contributed by atoms with Crippen molar-refractivity contribution in [2.75, 3.05) is 0 Å². The Hall–Kier alpha value is -4.31. The lowest BCUT2D eigenvalue weighted by atomic mass is 10.0. The lowest BCUT2D eigenvalue weighted by Crippen LogP contribution is -2.24. The van der Waals surface area contributed by atoms with E-state index in [0.717, 1.165) is 24.6 Å². The molecule has 4 aromatic heterocycles. The maximum Gasteiger partial charge on any atom is 0.274 e. The van der Waals surface area contributed by atoms with Gasteiger partial charge in [0.05, 0.1) is 23.5 Å². The third-order valence-corrected chi connectivity index (χ3v) is 8.45. The molecule has 0 amide bonds. The third-order valence-electron chi connectivity index (χ3n) is 8.07. The van der Waals surface area contributed by atoms with Gasteiger partial charge in [-0.1, -0.05) is 17.7 Å². The molecule has 0 saturated heterocycles. The number of nitrogens with zero attached hydrogens (tertiary/aromatic N) is 6. The summed E-state index contributed by atoms with van der Waals surface area (Å²) in [6, 6.07) is 8.00. The number of aromatic nitrogens is 6. The fraction of sp³-hybridized carbons (Fsp3) is 0.258. The minimum atomic E-state index is -0.848. The highest BCUT2D eigenvalue weighted by Crippen LogP contribution is 2.55. The maximum atomic E-state index is 16.4. The molecule has 2 fully saturated rings. The van der Waals surface area contributed by atoms with E-state index in [9.17, 15) is 9.18 Å². The summed E-state index contributed by atoms with van der Waals surface area (Å²) in [5.74, 6) is -1.70. The van der Waals surface area contributed by atoms with Crippen molar-refractivity contribution in [3.63, 3.8) is 0 Å². The van der Waals surface area contributed by atoms with E-state index in [0.29, 0.717) is 29.1 Å². The van der Waals surface area contributed by atoms with Gasteiger partial charge in [-0.15, -0.1) is 0 Å². The molecule has 0 bridgehead atoms. The third kappa shape index (κ3) is 4.32. The first-order chi connectivity index (χ1) is 20.2. The van der Waals surface area contributed by atoms with E-state index >= 15 is 8.78 Å². The molecule has 2 saturated carbocycles. The highest BCUT2D eigenvalue weighted by atomic mass is 35.5. The predicted molar refractivity (Wildman–Crippen MR) is 151 cm³/mol. The second-order valence-electron chi connectivity index (χ2n) is 11.0. The van der Waals surface area contributed by atoms with Gasteiger partial charge >= 0.3 is 0 Å². The van der Waals surface area contributed by atoms with E-state index in [1.54, 1.807) is 42.9 Å². The van der Waals surface area contributed by atoms with Gasteiger partial charge in [-0.3, -0.25) is 19.3 Å². The van der Waals surface area contributed by atoms with Crippen LogP contribution in [0.3, 0.4) is 0 Å². The first-order valence-corrected chi connectivity index (χ1v) is 14.0. The van der Waals surface area contributed by atoms with Gasteiger partial charge in [0.1, 0.15) is 28.7 Å². The van der Waals surface area contributed by atoms with Crippen molar-refractivity contribution in [3.05, 3.63) is 110 Å². The zero-order valence-electron chi connectivity index (χ0n) is 22.7. The molecule has 7 nitrogen and oxygen atoms in total. The Labute approximate surface area is 243 Å². The number of aryl methyl sites for hydroxylation is 2. The van der Waals surface area contributed by atoms with Crippen molar-refractivity contribution in [1.82, 2.24) is 29.3 Å². The summed E-state index contributed by atoms with van der Waals surface area (Å²) in [7, 11) is 0. The van der Waals surface area contributed by atoms with Gasteiger partial charge < -0.3 is 0 Å². The molecule has 2 aliphatic carbocycles. The average Bonchev–Trinajstić information content (AvgIpc) is 3.91. The van der Waals surface area contributed by atoms with Crippen LogP contribution < -0.4 is 5.56 Å². The summed E-state index contributed by atoms with van der Waals surface area (Å²) in [5.41, 5.74) is 1.43. The lowest BCUT2D eigenvalue weighted by Gasteiger charge is -2.18. The lowest BCUT2D eigenvalue weighted by molar-refractivity contribution is 0.599. The van der Waals surface area contributed by atoms with Crippen LogP contribution in [0.25, 0.3) is 28.3 Å². The number of pyridine rings is 3. The standard InChI is InChI=1S/C31H24ClF3N6O/c1-15-11-37-28(20-4-3-5-21(26(20)34)30-38-14-39-41(30)19-6-7-19)27(35)29(15)40-16(2)8-24(25(32)31(40)42)23-10-22(23)17-9-18(33)13-36-12-17/h3-5,8-9,11-14,19,22-23H,6-7,10H2,1-2H3/t22-,23+/m1/s1. The van der Waals surface area contributed by atoms with Crippen LogP contribution in [-0.4, -0.2) is 29.3 Å². The number of halogens is 4. The molecule has 0 spiro atoms. The van der Waals surface area contributed by atoms with Crippen LogP contribution in [0.15, 0.2) is 60.0 Å². The van der Waals surface area contributed by atoms with E-state index in [1.165, 1.54) is 29.2 Å². The molecule has 7 rings (SSSR count). The Morgan fingerprint density at radius 3 is 2.50 bits per heavy atom. The minimum Gasteiger partial charge on any atom is -0.277 e. The first kappa shape index (κ1) is 26.6. The molecule has 4 heterocycles. The Morgan fingerprint density at radius 2 is 1.74 bits per heavy atom. The van der Waals surface area contributed by atoms with Gasteiger partial charge in [0.2, 0.25) is 0 Å². The van der Waals surface area contributed by atoms with Crippen LogP contribution in [0.1, 0.15) is 59.5 Å². The molecule has 0 unspecified atom stereocenters. The van der Waals surface area contributed by atoms with Crippen molar-refractivity contribution in [2.45, 2.75) is 51.0 Å². The van der Waals surface area contributed by atoms with Gasteiger partial charge in [0, 0.05) is 23.7 Å². The second-order valence-corrected chi connectivity index (χ2v) is 11.3. The smallest absolute Gasteiger partial charge is 0.274 e. The van der Waals surface area contributed by atoms with Crippen molar-refractivity contribution in [2.24, 2.45) is 0 Å². The Balaban J connectivity index is 1.30. The van der Waals surface area contributed by atoms with Gasteiger partial charge in [-0.25, -0.2) is 22.8 Å². The molecule has 0 radical (unpaired) electrons. The SMILES string of the molecule is Cc1cnc(-c2cccc(-c3ncnn3C3CC3)c2F)c(F)c1-n1c(C)cc([C@H]2C[C@@H]2c2cncc(F)c2)c(Cl)c1=O. The first-order valence-electron chi connectivity index (χ1n) is 13.6. The molecule has 0 aliphatic heterocycles. The minimum absolute atomic E-state index is 0.0210. The van der Waals surface area contributed by atoms with Crippen molar-refractivity contribution in [3.8, 4) is 28.3 Å². The second kappa shape index (κ2) is 9.90. The zero-order chi connectivity index (χ0) is 29.3. The fourth-order valence-electron chi connectivity index (χ4n) is 5.76. The van der Waals surface area contributed by atoms with E-state index in [4.69, 9.17) is 11.6 Å². The molecule has 0 N–H and O–H groups in total. The van der Waals surface area contributed by atoms with Crippen LogP contribution >= 0.6 is 11.6 Å². The summed E-state index contributed by atoms with van der Waals surface area (Å²) in [6.45, 7) is 3.31. The molecule has 2 atom stereocenters. The van der Waals surface area contributed by atoms with E-state index in [1.807, 2.05) is 0 Å². The normalized spacial score (nSPS) is 18.0. The van der Waals surface area contributed by atoms with Crippen LogP contribution in [0.2, 0.25) is 5.02 Å². The van der Waals surface area contributed by atoms with Crippen molar-refractivity contribution >= 4 is 11.6 Å². The quantitative estimate of drug-likeness (QED) is 0.217. The molecular weight excluding hydrogens is 565 g/mol. The topological polar surface area (TPSA) is 78.5 Å². The maximum absolute atomic E-state index is 16.4. The monoisotopic (exact) mass is 588 g/mol. The fourth-order valence-corrected chi connectivity index (χ4v) is 6.04. The molecule has 212 valence electrons.